The smallest absolute Gasteiger partial charge is 0.271 e. The molecular formula is C15H13N5O2. The van der Waals surface area contributed by atoms with Crippen molar-refractivity contribution in [3.63, 3.8) is 0 Å². The Labute approximate surface area is 126 Å². The first-order valence-corrected chi connectivity index (χ1v) is 6.76. The number of amides is 2. The molecule has 0 saturated carbocycles. The molecule has 0 fully saturated rings. The Bertz CT molecular complexity index is 803. The number of rotatable bonds is 2. The van der Waals surface area contributed by atoms with Crippen LogP contribution < -0.4 is 10.6 Å². The van der Waals surface area contributed by atoms with Crippen molar-refractivity contribution in [3.05, 3.63) is 47.3 Å². The van der Waals surface area contributed by atoms with Gasteiger partial charge in [0.05, 0.1) is 30.1 Å². The Balaban J connectivity index is 1.87. The fraction of sp³-hybridized carbons (Fsp3) is 0.200. The Morgan fingerprint density at radius 3 is 3.14 bits per heavy atom. The average molecular weight is 295 g/mol. The largest absolute Gasteiger partial charge is 0.346 e. The first-order chi connectivity index (χ1) is 10.6. The van der Waals surface area contributed by atoms with Crippen LogP contribution in [0, 0.1) is 11.3 Å². The summed E-state index contributed by atoms with van der Waals surface area (Å²) in [5, 5.41) is 18.5. The van der Waals surface area contributed by atoms with Crippen LogP contribution in [0.3, 0.4) is 0 Å². The molecule has 0 radical (unpaired) electrons. The van der Waals surface area contributed by atoms with Gasteiger partial charge in [0.15, 0.2) is 0 Å². The van der Waals surface area contributed by atoms with Gasteiger partial charge in [0.2, 0.25) is 0 Å². The number of hydrogen-bond donors (Lipinski definition) is 2. The molecule has 110 valence electrons. The Morgan fingerprint density at radius 1 is 1.55 bits per heavy atom. The summed E-state index contributed by atoms with van der Waals surface area (Å²) in [5.41, 5.74) is 1.44. The minimum atomic E-state index is -0.390. The van der Waals surface area contributed by atoms with E-state index in [1.54, 1.807) is 22.9 Å². The van der Waals surface area contributed by atoms with Crippen LogP contribution >= 0.6 is 0 Å². The second-order valence-electron chi connectivity index (χ2n) is 5.11. The SMILES string of the molecule is C[C@H]1Cn2ncc(NC(=O)c3cccc(C#N)c3)c2C(=O)N1. The predicted octanol–water partition coefficient (Wildman–Crippen LogP) is 1.14. The fourth-order valence-electron chi connectivity index (χ4n) is 2.38. The fourth-order valence-corrected chi connectivity index (χ4v) is 2.38. The Morgan fingerprint density at radius 2 is 2.36 bits per heavy atom. The van der Waals surface area contributed by atoms with E-state index in [9.17, 15) is 9.59 Å². The number of aromatic nitrogens is 2. The van der Waals surface area contributed by atoms with Gasteiger partial charge in [-0.05, 0) is 25.1 Å². The number of carbonyl (C=O) groups excluding carboxylic acids is 2. The Kier molecular flexibility index (Phi) is 3.35. The monoisotopic (exact) mass is 295 g/mol. The number of anilines is 1. The van der Waals surface area contributed by atoms with Crippen molar-refractivity contribution in [3.8, 4) is 6.07 Å². The van der Waals surface area contributed by atoms with Gasteiger partial charge in [-0.3, -0.25) is 14.3 Å². The zero-order valence-corrected chi connectivity index (χ0v) is 11.8. The molecular weight excluding hydrogens is 282 g/mol. The predicted molar refractivity (Wildman–Crippen MR) is 78.3 cm³/mol. The summed E-state index contributed by atoms with van der Waals surface area (Å²) < 4.78 is 1.57. The zero-order chi connectivity index (χ0) is 15.7. The number of hydrogen-bond acceptors (Lipinski definition) is 4. The molecule has 2 amide bonds. The highest BCUT2D eigenvalue weighted by molar-refractivity contribution is 6.08. The molecule has 1 aliphatic heterocycles. The topological polar surface area (TPSA) is 99.8 Å². The van der Waals surface area contributed by atoms with Crippen LogP contribution in [0.15, 0.2) is 30.5 Å². The van der Waals surface area contributed by atoms with Gasteiger partial charge in [0.1, 0.15) is 5.69 Å². The van der Waals surface area contributed by atoms with Gasteiger partial charge in [-0.15, -0.1) is 0 Å². The van der Waals surface area contributed by atoms with E-state index in [-0.39, 0.29) is 17.9 Å². The second-order valence-corrected chi connectivity index (χ2v) is 5.11. The maximum absolute atomic E-state index is 12.2. The van der Waals surface area contributed by atoms with E-state index in [0.29, 0.717) is 29.1 Å². The van der Waals surface area contributed by atoms with E-state index in [4.69, 9.17) is 5.26 Å². The third-order valence-corrected chi connectivity index (χ3v) is 3.38. The van der Waals surface area contributed by atoms with Crippen LogP contribution in [0.1, 0.15) is 33.3 Å². The third-order valence-electron chi connectivity index (χ3n) is 3.38. The highest BCUT2D eigenvalue weighted by Crippen LogP contribution is 2.19. The maximum atomic E-state index is 12.2. The lowest BCUT2D eigenvalue weighted by molar-refractivity contribution is 0.0902. The van der Waals surface area contributed by atoms with Crippen molar-refractivity contribution in [2.24, 2.45) is 0 Å². The lowest BCUT2D eigenvalue weighted by atomic mass is 10.1. The third kappa shape index (κ3) is 2.42. The molecule has 0 aliphatic carbocycles. The number of nitrogens with zero attached hydrogens (tertiary/aromatic N) is 3. The van der Waals surface area contributed by atoms with Gasteiger partial charge in [-0.25, -0.2) is 0 Å². The standard InChI is InChI=1S/C15H13N5O2/c1-9-8-20-13(15(22)18-9)12(7-17-20)19-14(21)11-4-2-3-10(5-11)6-16/h2-5,7,9H,8H2,1H3,(H,18,22)(H,19,21)/t9-/m0/s1. The molecule has 1 aromatic heterocycles. The van der Waals surface area contributed by atoms with E-state index in [2.05, 4.69) is 15.7 Å². The first kappa shape index (κ1) is 13.8. The number of nitriles is 1. The molecule has 7 heteroatoms. The number of benzene rings is 1. The summed E-state index contributed by atoms with van der Waals surface area (Å²) in [6, 6.07) is 8.33. The molecule has 1 aliphatic rings. The first-order valence-electron chi connectivity index (χ1n) is 6.76. The lowest BCUT2D eigenvalue weighted by Gasteiger charge is -2.21. The van der Waals surface area contributed by atoms with Crippen LogP contribution in [0.2, 0.25) is 0 Å². The van der Waals surface area contributed by atoms with Crippen molar-refractivity contribution >= 4 is 17.5 Å². The highest BCUT2D eigenvalue weighted by atomic mass is 16.2. The molecule has 0 spiro atoms. The van der Waals surface area contributed by atoms with Crippen molar-refractivity contribution in [1.29, 1.82) is 5.26 Å². The summed E-state index contributed by atoms with van der Waals surface area (Å²) in [6.45, 7) is 2.44. The minimum Gasteiger partial charge on any atom is -0.346 e. The molecule has 1 atom stereocenters. The minimum absolute atomic E-state index is 0.00392. The van der Waals surface area contributed by atoms with Gasteiger partial charge in [0.25, 0.3) is 11.8 Å². The van der Waals surface area contributed by atoms with Crippen molar-refractivity contribution < 1.29 is 9.59 Å². The zero-order valence-electron chi connectivity index (χ0n) is 11.8. The quantitative estimate of drug-likeness (QED) is 0.867. The average Bonchev–Trinajstić information content (AvgIpc) is 2.90. The summed E-state index contributed by atoms with van der Waals surface area (Å²) in [7, 11) is 0. The van der Waals surface area contributed by atoms with E-state index in [1.807, 2.05) is 13.0 Å². The van der Waals surface area contributed by atoms with E-state index < -0.39 is 0 Å². The van der Waals surface area contributed by atoms with Crippen molar-refractivity contribution in [1.82, 2.24) is 15.1 Å². The van der Waals surface area contributed by atoms with E-state index in [1.165, 1.54) is 12.3 Å². The summed E-state index contributed by atoms with van der Waals surface area (Å²) >= 11 is 0. The summed E-state index contributed by atoms with van der Waals surface area (Å²) in [4.78, 5) is 24.3. The van der Waals surface area contributed by atoms with Gasteiger partial charge >= 0.3 is 0 Å². The van der Waals surface area contributed by atoms with Crippen LogP contribution in [0.5, 0.6) is 0 Å². The molecule has 22 heavy (non-hydrogen) atoms. The van der Waals surface area contributed by atoms with Crippen LogP contribution in [0.4, 0.5) is 5.69 Å². The molecule has 2 N–H and O–H groups in total. The van der Waals surface area contributed by atoms with Gasteiger partial charge < -0.3 is 10.6 Å². The number of nitrogens with one attached hydrogen (secondary N) is 2. The van der Waals surface area contributed by atoms with Gasteiger partial charge in [0, 0.05) is 11.6 Å². The van der Waals surface area contributed by atoms with Crippen LogP contribution in [-0.4, -0.2) is 27.6 Å². The highest BCUT2D eigenvalue weighted by Gasteiger charge is 2.26. The molecule has 3 rings (SSSR count). The van der Waals surface area contributed by atoms with Gasteiger partial charge in [-0.1, -0.05) is 6.07 Å². The summed E-state index contributed by atoms with van der Waals surface area (Å²) in [5.74, 6) is -0.656. The van der Waals surface area contributed by atoms with Crippen molar-refractivity contribution in [2.45, 2.75) is 19.5 Å². The van der Waals surface area contributed by atoms with Gasteiger partial charge in [-0.2, -0.15) is 10.4 Å². The lowest BCUT2D eigenvalue weighted by Crippen LogP contribution is -2.42. The molecule has 0 bridgehead atoms. The molecule has 0 unspecified atom stereocenters. The Hall–Kier alpha value is -3.14. The molecule has 2 heterocycles. The molecule has 1 aromatic carbocycles. The van der Waals surface area contributed by atoms with Crippen LogP contribution in [-0.2, 0) is 6.54 Å². The summed E-state index contributed by atoms with van der Waals surface area (Å²) in [6.07, 6.45) is 1.46. The molecule has 2 aromatic rings. The normalized spacial score (nSPS) is 16.4. The number of fused-ring (bicyclic) bond motifs is 1. The molecule has 0 saturated heterocycles. The van der Waals surface area contributed by atoms with Crippen molar-refractivity contribution in [2.75, 3.05) is 5.32 Å². The van der Waals surface area contributed by atoms with E-state index in [0.717, 1.165) is 0 Å². The van der Waals surface area contributed by atoms with Crippen LogP contribution in [0.25, 0.3) is 0 Å². The number of carbonyl (C=O) groups is 2. The second kappa shape index (κ2) is 5.33. The van der Waals surface area contributed by atoms with E-state index >= 15 is 0 Å². The molecule has 7 nitrogen and oxygen atoms in total. The maximum Gasteiger partial charge on any atom is 0.271 e.